The van der Waals surface area contributed by atoms with Gasteiger partial charge in [-0.2, -0.15) is 0 Å². The maximum absolute atomic E-state index is 12.9. The maximum atomic E-state index is 12.9. The van der Waals surface area contributed by atoms with Crippen LogP contribution < -0.4 is 0 Å². The lowest BCUT2D eigenvalue weighted by Gasteiger charge is -2.09. The number of furan rings is 1. The average molecular weight is 660 g/mol. The number of aryl methyl sites for hydroxylation is 1. The van der Waals surface area contributed by atoms with Crippen molar-refractivity contribution in [1.82, 2.24) is 14.5 Å². The molecule has 0 aliphatic carbocycles. The van der Waals surface area contributed by atoms with Gasteiger partial charge in [0.2, 0.25) is 0 Å². The van der Waals surface area contributed by atoms with Crippen molar-refractivity contribution in [3.05, 3.63) is 118 Å². The Balaban J connectivity index is 1.08. The molecule has 0 atom stereocenters. The van der Waals surface area contributed by atoms with E-state index >= 15 is 0 Å². The first-order valence-corrected chi connectivity index (χ1v) is 16.7. The number of thioether (sulfide) groups is 1. The molecule has 234 valence electrons. The number of Topliss-reactive ketones (excluding diaryl/α,β-unsaturated/α-hetero) is 1. The fraction of sp³-hybridized carbons (Fsp3) is 0.162. The predicted octanol–water partition coefficient (Wildman–Crippen LogP) is 8.12. The molecule has 8 nitrogen and oxygen atoms in total. The summed E-state index contributed by atoms with van der Waals surface area (Å²) < 4.78 is 8.11. The average Bonchev–Trinajstić information content (AvgIpc) is 3.77. The molecule has 3 heterocycles. The van der Waals surface area contributed by atoms with E-state index in [-0.39, 0.29) is 34.2 Å². The van der Waals surface area contributed by atoms with Crippen LogP contribution >= 0.6 is 23.5 Å². The van der Waals surface area contributed by atoms with Crippen molar-refractivity contribution < 1.29 is 23.6 Å². The number of terminal acetylenes is 1. The lowest BCUT2D eigenvalue weighted by atomic mass is 9.99. The molecule has 0 bridgehead atoms. The van der Waals surface area contributed by atoms with Gasteiger partial charge >= 0.3 is 0 Å². The third-order valence-corrected chi connectivity index (χ3v) is 9.40. The summed E-state index contributed by atoms with van der Waals surface area (Å²) in [7, 11) is 0. The summed E-state index contributed by atoms with van der Waals surface area (Å²) in [5.74, 6) is 2.48. The van der Waals surface area contributed by atoms with Crippen molar-refractivity contribution in [2.45, 2.75) is 42.5 Å². The van der Waals surface area contributed by atoms with E-state index in [4.69, 9.17) is 15.8 Å². The molecule has 0 spiro atoms. The van der Waals surface area contributed by atoms with Crippen molar-refractivity contribution in [3.8, 4) is 12.3 Å². The molecule has 0 radical (unpaired) electrons. The van der Waals surface area contributed by atoms with Gasteiger partial charge in [-0.25, -0.2) is 4.98 Å². The number of fused-ring (bicyclic) bond motifs is 1. The SMILES string of the molecule is C#CCCN1C(=O)S/C(=C\c2ccc(Sc3nc4ccccc4n3CCCCC(=O)c3ccc(C(=O)c4ccccc4)cc3)o2)C1=O. The molecule has 5 aromatic rings. The monoisotopic (exact) mass is 659 g/mol. The van der Waals surface area contributed by atoms with E-state index in [1.54, 1.807) is 54.6 Å². The molecule has 2 aromatic heterocycles. The minimum atomic E-state index is -0.378. The lowest BCUT2D eigenvalue weighted by molar-refractivity contribution is -0.122. The van der Waals surface area contributed by atoms with Gasteiger partial charge < -0.3 is 8.98 Å². The third-order valence-electron chi connectivity index (χ3n) is 7.58. The molecule has 0 unspecified atom stereocenters. The van der Waals surface area contributed by atoms with Crippen molar-refractivity contribution in [1.29, 1.82) is 0 Å². The van der Waals surface area contributed by atoms with Crippen LogP contribution in [0.5, 0.6) is 0 Å². The molecule has 1 aliphatic heterocycles. The minimum Gasteiger partial charge on any atom is -0.450 e. The van der Waals surface area contributed by atoms with Gasteiger partial charge in [0.25, 0.3) is 11.1 Å². The fourth-order valence-electron chi connectivity index (χ4n) is 5.17. The Kier molecular flexibility index (Phi) is 9.86. The predicted molar refractivity (Wildman–Crippen MR) is 183 cm³/mol. The normalized spacial score (nSPS) is 13.9. The van der Waals surface area contributed by atoms with Crippen LogP contribution in [0.25, 0.3) is 17.1 Å². The number of ketones is 2. The quantitative estimate of drug-likeness (QED) is 0.0541. The molecular formula is C37H29N3O5S2. The number of imide groups is 1. The number of hydrogen-bond donors (Lipinski definition) is 0. The third kappa shape index (κ3) is 7.32. The highest BCUT2D eigenvalue weighted by molar-refractivity contribution is 8.18. The first-order chi connectivity index (χ1) is 22.9. The van der Waals surface area contributed by atoms with E-state index in [0.29, 0.717) is 53.4 Å². The second kappa shape index (κ2) is 14.5. The van der Waals surface area contributed by atoms with E-state index in [2.05, 4.69) is 10.5 Å². The Labute approximate surface area is 280 Å². The minimum absolute atomic E-state index is 0.0332. The number of amides is 2. The highest BCUT2D eigenvalue weighted by Crippen LogP contribution is 2.35. The standard InChI is InChI=1S/C37H29N3O5S2/c1-2-3-22-40-35(43)32(46-37(40)44)24-28-20-21-33(45-28)47-36-38-29-13-7-8-14-30(29)39(36)23-10-9-15-31(41)25-16-18-27(19-17-25)34(42)26-11-5-4-6-12-26/h1,4-8,11-14,16-21,24H,3,9-10,15,22-23H2/b32-24-. The zero-order valence-electron chi connectivity index (χ0n) is 25.3. The van der Waals surface area contributed by atoms with Gasteiger partial charge in [-0.1, -0.05) is 66.7 Å². The number of carbonyl (C=O) groups excluding carboxylic acids is 4. The highest BCUT2D eigenvalue weighted by atomic mass is 32.2. The first kappa shape index (κ1) is 31.9. The van der Waals surface area contributed by atoms with Gasteiger partial charge in [0, 0.05) is 48.7 Å². The number of imidazole rings is 1. The highest BCUT2D eigenvalue weighted by Gasteiger charge is 2.34. The molecule has 2 amide bonds. The van der Waals surface area contributed by atoms with Crippen LogP contribution in [0.4, 0.5) is 4.79 Å². The molecule has 1 fully saturated rings. The van der Waals surface area contributed by atoms with Gasteiger partial charge in [-0.05, 0) is 60.6 Å². The molecular weight excluding hydrogens is 631 g/mol. The van der Waals surface area contributed by atoms with Gasteiger partial charge in [-0.15, -0.1) is 12.3 Å². The van der Waals surface area contributed by atoms with Gasteiger partial charge in [0.1, 0.15) is 5.76 Å². The lowest BCUT2D eigenvalue weighted by Crippen LogP contribution is -2.28. The largest absolute Gasteiger partial charge is 0.450 e. The molecule has 6 rings (SSSR count). The molecule has 10 heteroatoms. The number of carbonyl (C=O) groups is 4. The second-order valence-corrected chi connectivity index (χ2v) is 12.7. The van der Waals surface area contributed by atoms with Gasteiger partial charge in [-0.3, -0.25) is 24.1 Å². The van der Waals surface area contributed by atoms with Crippen molar-refractivity contribution in [2.24, 2.45) is 0 Å². The van der Waals surface area contributed by atoms with Crippen molar-refractivity contribution in [3.63, 3.8) is 0 Å². The topological polar surface area (TPSA) is 102 Å². The summed E-state index contributed by atoms with van der Waals surface area (Å²) in [5.41, 5.74) is 3.58. The van der Waals surface area contributed by atoms with Crippen LogP contribution in [0.3, 0.4) is 0 Å². The van der Waals surface area contributed by atoms with Gasteiger partial charge in [0.05, 0.1) is 15.9 Å². The molecule has 1 aliphatic rings. The Morgan fingerprint density at radius 3 is 2.38 bits per heavy atom. The Hall–Kier alpha value is -5.11. The Morgan fingerprint density at radius 1 is 0.872 bits per heavy atom. The maximum Gasteiger partial charge on any atom is 0.293 e. The van der Waals surface area contributed by atoms with Crippen LogP contribution in [-0.2, 0) is 11.3 Å². The summed E-state index contributed by atoms with van der Waals surface area (Å²) in [5, 5.41) is 0.983. The Bertz CT molecular complexity index is 2040. The summed E-state index contributed by atoms with van der Waals surface area (Å²) in [6, 6.07) is 27.4. The second-order valence-electron chi connectivity index (χ2n) is 10.7. The number of nitrogens with zero attached hydrogens (tertiary/aromatic N) is 3. The van der Waals surface area contributed by atoms with Crippen LogP contribution in [0.2, 0.25) is 0 Å². The zero-order chi connectivity index (χ0) is 32.8. The zero-order valence-corrected chi connectivity index (χ0v) is 26.9. The van der Waals surface area contributed by atoms with Crippen molar-refractivity contribution in [2.75, 3.05) is 6.54 Å². The van der Waals surface area contributed by atoms with E-state index in [1.165, 1.54) is 11.8 Å². The number of aromatic nitrogens is 2. The fourth-order valence-corrected chi connectivity index (χ4v) is 6.91. The summed E-state index contributed by atoms with van der Waals surface area (Å²) in [6.07, 6.45) is 8.98. The Morgan fingerprint density at radius 2 is 1.60 bits per heavy atom. The van der Waals surface area contributed by atoms with Crippen LogP contribution in [-0.4, -0.2) is 43.7 Å². The first-order valence-electron chi connectivity index (χ1n) is 15.1. The summed E-state index contributed by atoms with van der Waals surface area (Å²) in [4.78, 5) is 56.8. The van der Waals surface area contributed by atoms with Crippen LogP contribution in [0.15, 0.2) is 111 Å². The van der Waals surface area contributed by atoms with Crippen LogP contribution in [0.1, 0.15) is 57.7 Å². The number of unbranched alkanes of at least 4 members (excludes halogenated alkanes) is 1. The molecule has 0 N–H and O–H groups in total. The summed E-state index contributed by atoms with van der Waals surface area (Å²) >= 11 is 2.23. The number of para-hydroxylation sites is 2. The number of hydrogen-bond acceptors (Lipinski definition) is 8. The molecule has 47 heavy (non-hydrogen) atoms. The number of rotatable bonds is 13. The van der Waals surface area contributed by atoms with E-state index in [0.717, 1.165) is 39.3 Å². The molecule has 3 aromatic carbocycles. The van der Waals surface area contributed by atoms with E-state index < -0.39 is 0 Å². The molecule has 0 saturated carbocycles. The molecule has 1 saturated heterocycles. The number of benzene rings is 3. The van der Waals surface area contributed by atoms with Gasteiger partial charge in [0.15, 0.2) is 21.8 Å². The van der Waals surface area contributed by atoms with Crippen LogP contribution in [0, 0.1) is 12.3 Å². The van der Waals surface area contributed by atoms with E-state index in [9.17, 15) is 19.2 Å². The van der Waals surface area contributed by atoms with Crippen molar-refractivity contribution >= 4 is 63.3 Å². The summed E-state index contributed by atoms with van der Waals surface area (Å²) in [6.45, 7) is 0.839. The van der Waals surface area contributed by atoms with E-state index in [1.807, 2.05) is 42.5 Å². The smallest absolute Gasteiger partial charge is 0.293 e.